The summed E-state index contributed by atoms with van der Waals surface area (Å²) in [7, 11) is 0. The van der Waals surface area contributed by atoms with Crippen molar-refractivity contribution in [3.8, 4) is 16.9 Å². The van der Waals surface area contributed by atoms with Gasteiger partial charge in [-0.2, -0.15) is 4.99 Å². The highest BCUT2D eigenvalue weighted by molar-refractivity contribution is 6.11. The molecule has 4 amide bonds. The summed E-state index contributed by atoms with van der Waals surface area (Å²) in [6.07, 6.45) is 0. The highest BCUT2D eigenvalue weighted by atomic mass is 16.5. The Labute approximate surface area is 259 Å². The molecule has 0 atom stereocenters. The number of rotatable bonds is 11. The molecule has 0 saturated heterocycles. The predicted molar refractivity (Wildman–Crippen MR) is 171 cm³/mol. The highest BCUT2D eigenvalue weighted by Gasteiger charge is 2.21. The molecule has 45 heavy (non-hydrogen) atoms. The van der Waals surface area contributed by atoms with E-state index < -0.39 is 23.8 Å². The fourth-order valence-corrected chi connectivity index (χ4v) is 4.38. The number of carbonyl (C=O) groups is 4. The van der Waals surface area contributed by atoms with Crippen LogP contribution in [0, 0.1) is 5.92 Å². The van der Waals surface area contributed by atoms with Crippen molar-refractivity contribution in [2.24, 2.45) is 22.4 Å². The molecule has 0 aromatic heterocycles. The average molecular weight is 608 g/mol. The van der Waals surface area contributed by atoms with Crippen molar-refractivity contribution in [1.82, 2.24) is 5.32 Å². The number of nitrogens with one attached hydrogen (secondary N) is 2. The minimum atomic E-state index is -1.26. The van der Waals surface area contributed by atoms with Crippen molar-refractivity contribution < 1.29 is 29.0 Å². The first kappa shape index (κ1) is 32.0. The van der Waals surface area contributed by atoms with Crippen LogP contribution in [-0.2, 0) is 6.61 Å². The Morgan fingerprint density at radius 2 is 1.44 bits per heavy atom. The number of aliphatic imine (C=N–C) groups is 1. The van der Waals surface area contributed by atoms with Gasteiger partial charge in [0.05, 0.1) is 11.1 Å². The summed E-state index contributed by atoms with van der Waals surface area (Å²) in [5.41, 5.74) is 13.3. The second-order valence-corrected chi connectivity index (χ2v) is 10.5. The van der Waals surface area contributed by atoms with E-state index in [1.54, 1.807) is 36.4 Å². The van der Waals surface area contributed by atoms with Crippen LogP contribution in [0.4, 0.5) is 10.5 Å². The molecule has 11 heteroatoms. The number of carboxylic acid groups (broad SMARTS) is 1. The van der Waals surface area contributed by atoms with E-state index in [2.05, 4.69) is 15.6 Å². The number of anilines is 1. The maximum atomic E-state index is 13.7. The molecular formula is C34H33N5O6. The zero-order chi connectivity index (χ0) is 32.5. The molecule has 7 N–H and O–H groups in total. The number of urea groups is 1. The molecule has 4 aromatic rings. The van der Waals surface area contributed by atoms with E-state index in [-0.39, 0.29) is 40.6 Å². The first-order valence-electron chi connectivity index (χ1n) is 14.0. The summed E-state index contributed by atoms with van der Waals surface area (Å²) in [4.78, 5) is 53.3. The number of hydrogen-bond acceptors (Lipinski definition) is 5. The van der Waals surface area contributed by atoms with E-state index in [0.717, 1.165) is 5.56 Å². The molecule has 0 spiro atoms. The first-order valence-corrected chi connectivity index (χ1v) is 14.0. The minimum Gasteiger partial charge on any atom is -0.489 e. The van der Waals surface area contributed by atoms with Crippen molar-refractivity contribution in [2.75, 3.05) is 11.9 Å². The Hall–Kier alpha value is -5.97. The number of hydrogen-bond donors (Lipinski definition) is 5. The third-order valence-electron chi connectivity index (χ3n) is 6.63. The summed E-state index contributed by atoms with van der Waals surface area (Å²) in [6, 6.07) is 23.9. The van der Waals surface area contributed by atoms with E-state index in [1.807, 2.05) is 44.2 Å². The van der Waals surface area contributed by atoms with Gasteiger partial charge in [0, 0.05) is 23.4 Å². The molecule has 11 nitrogen and oxygen atoms in total. The van der Waals surface area contributed by atoms with Crippen LogP contribution in [0.3, 0.4) is 0 Å². The Morgan fingerprint density at radius 1 is 0.800 bits per heavy atom. The van der Waals surface area contributed by atoms with Gasteiger partial charge in [0.15, 0.2) is 0 Å². The number of primary amides is 1. The summed E-state index contributed by atoms with van der Waals surface area (Å²) < 4.78 is 5.96. The van der Waals surface area contributed by atoms with Gasteiger partial charge >= 0.3 is 12.0 Å². The zero-order valence-electron chi connectivity index (χ0n) is 24.7. The molecule has 0 saturated carbocycles. The van der Waals surface area contributed by atoms with Crippen LogP contribution in [0.2, 0.25) is 0 Å². The third kappa shape index (κ3) is 8.54. The summed E-state index contributed by atoms with van der Waals surface area (Å²) in [6.45, 7) is 4.59. The van der Waals surface area contributed by atoms with Gasteiger partial charge in [-0.3, -0.25) is 9.59 Å². The summed E-state index contributed by atoms with van der Waals surface area (Å²) >= 11 is 0. The molecule has 0 aliphatic heterocycles. The Kier molecular flexibility index (Phi) is 10.3. The van der Waals surface area contributed by atoms with Gasteiger partial charge in [0.1, 0.15) is 18.2 Å². The van der Waals surface area contributed by atoms with Crippen LogP contribution >= 0.6 is 0 Å². The number of nitrogens with two attached hydrogens (primary N) is 2. The van der Waals surface area contributed by atoms with Crippen molar-refractivity contribution in [3.63, 3.8) is 0 Å². The second kappa shape index (κ2) is 14.5. The Balaban J connectivity index is 1.71. The average Bonchev–Trinajstić information content (AvgIpc) is 3.02. The fraction of sp³-hybridized carbons (Fsp3) is 0.147. The molecular weight excluding hydrogens is 574 g/mol. The maximum Gasteiger partial charge on any atom is 0.340 e. The minimum absolute atomic E-state index is 0.0755. The van der Waals surface area contributed by atoms with Crippen LogP contribution in [0.1, 0.15) is 56.0 Å². The van der Waals surface area contributed by atoms with Crippen LogP contribution in [0.25, 0.3) is 11.1 Å². The van der Waals surface area contributed by atoms with Gasteiger partial charge in [-0.05, 0) is 77.2 Å². The number of aromatic carboxylic acids is 1. The lowest BCUT2D eigenvalue weighted by Gasteiger charge is -2.16. The molecule has 4 rings (SSSR count). The number of amides is 4. The molecule has 230 valence electrons. The lowest BCUT2D eigenvalue weighted by Crippen LogP contribution is -2.27. The number of carboxylic acids is 1. The Morgan fingerprint density at radius 3 is 2.09 bits per heavy atom. The van der Waals surface area contributed by atoms with Crippen molar-refractivity contribution >= 4 is 35.3 Å². The number of benzene rings is 4. The SMILES string of the molecule is CC(C)CNC(=O)c1ccc(-c2ccc(OCc3ccccc3)cc2C(=O)Nc2ccc(/C(N)=N/C(N)=O)cc2)c(C(=O)O)c1. The van der Waals surface area contributed by atoms with Crippen molar-refractivity contribution in [2.45, 2.75) is 20.5 Å². The van der Waals surface area contributed by atoms with Crippen LogP contribution in [0.5, 0.6) is 5.75 Å². The molecule has 0 fully saturated rings. The van der Waals surface area contributed by atoms with E-state index in [9.17, 15) is 24.3 Å². The summed E-state index contributed by atoms with van der Waals surface area (Å²) in [5.74, 6) is -1.67. The van der Waals surface area contributed by atoms with Crippen molar-refractivity contribution in [1.29, 1.82) is 0 Å². The van der Waals surface area contributed by atoms with Gasteiger partial charge in [-0.15, -0.1) is 0 Å². The number of carbonyl (C=O) groups excluding carboxylic acids is 3. The van der Waals surface area contributed by atoms with Gasteiger partial charge in [0.25, 0.3) is 11.8 Å². The normalized spacial score (nSPS) is 11.1. The van der Waals surface area contributed by atoms with E-state index in [1.165, 1.54) is 24.3 Å². The fourth-order valence-electron chi connectivity index (χ4n) is 4.38. The highest BCUT2D eigenvalue weighted by Crippen LogP contribution is 2.32. The molecule has 0 heterocycles. The lowest BCUT2D eigenvalue weighted by molar-refractivity contribution is 0.0697. The first-order chi connectivity index (χ1) is 21.5. The maximum absolute atomic E-state index is 13.7. The molecule has 4 aromatic carbocycles. The molecule has 0 aliphatic carbocycles. The molecule has 0 bridgehead atoms. The quantitative estimate of drug-likeness (QED) is 0.116. The zero-order valence-corrected chi connectivity index (χ0v) is 24.7. The molecule has 0 unspecified atom stereocenters. The van der Waals surface area contributed by atoms with E-state index >= 15 is 0 Å². The van der Waals surface area contributed by atoms with Gasteiger partial charge in [-0.25, -0.2) is 9.59 Å². The number of amidine groups is 1. The number of nitrogens with zero attached hydrogens (tertiary/aromatic N) is 1. The largest absolute Gasteiger partial charge is 0.489 e. The van der Waals surface area contributed by atoms with Gasteiger partial charge in [0.2, 0.25) is 0 Å². The Bertz CT molecular complexity index is 1750. The van der Waals surface area contributed by atoms with Gasteiger partial charge < -0.3 is 31.9 Å². The van der Waals surface area contributed by atoms with Crippen LogP contribution in [0.15, 0.2) is 96.0 Å². The topological polar surface area (TPSA) is 186 Å². The smallest absolute Gasteiger partial charge is 0.340 e. The lowest BCUT2D eigenvalue weighted by atomic mass is 9.93. The van der Waals surface area contributed by atoms with E-state index in [0.29, 0.717) is 29.1 Å². The third-order valence-corrected chi connectivity index (χ3v) is 6.63. The van der Waals surface area contributed by atoms with Crippen LogP contribution < -0.4 is 26.8 Å². The number of ether oxygens (including phenoxy) is 1. The van der Waals surface area contributed by atoms with Crippen molar-refractivity contribution in [3.05, 3.63) is 119 Å². The second-order valence-electron chi connectivity index (χ2n) is 10.5. The van der Waals surface area contributed by atoms with Gasteiger partial charge in [-0.1, -0.05) is 50.2 Å². The molecule has 0 aliphatic rings. The summed E-state index contributed by atoms with van der Waals surface area (Å²) in [5, 5.41) is 15.7. The standard InChI is InChI=1S/C34H33N5O6/c1-20(2)18-37-31(40)23-10-14-27(29(16-23)33(42)43)26-15-13-25(45-19-21-6-4-3-5-7-21)17-28(26)32(41)38-24-11-8-22(9-12-24)30(35)39-34(36)44/h3-17,20H,18-19H2,1-2H3,(H,37,40)(H,38,41)(H,42,43)(H4,35,36,39,44). The van der Waals surface area contributed by atoms with Crippen LogP contribution in [-0.4, -0.2) is 41.3 Å². The van der Waals surface area contributed by atoms with E-state index in [4.69, 9.17) is 16.2 Å². The predicted octanol–water partition coefficient (Wildman–Crippen LogP) is 5.05. The monoisotopic (exact) mass is 607 g/mol. The molecule has 0 radical (unpaired) electrons.